The van der Waals surface area contributed by atoms with Crippen LogP contribution in [0.4, 0.5) is 10.6 Å². The lowest BCUT2D eigenvalue weighted by atomic mass is 9.90. The summed E-state index contributed by atoms with van der Waals surface area (Å²) < 4.78 is 0. The molecule has 4 amide bonds. The van der Waals surface area contributed by atoms with Gasteiger partial charge >= 0.3 is 6.03 Å². The largest absolute Gasteiger partial charge is 0.325 e. The molecular formula is C22H20N4O3. The van der Waals surface area contributed by atoms with Crippen LogP contribution in [0, 0.1) is 6.92 Å². The summed E-state index contributed by atoms with van der Waals surface area (Å²) in [7, 11) is 0. The molecule has 1 aliphatic rings. The second-order valence-corrected chi connectivity index (χ2v) is 7.22. The Balaban J connectivity index is 1.55. The number of hydrogen-bond acceptors (Lipinski definition) is 4. The molecule has 0 radical (unpaired) electrons. The van der Waals surface area contributed by atoms with Crippen molar-refractivity contribution in [1.29, 1.82) is 0 Å². The maximum atomic E-state index is 13.1. The first kappa shape index (κ1) is 18.6. The number of benzene rings is 2. The molecule has 2 aromatic carbocycles. The number of amides is 4. The van der Waals surface area contributed by atoms with Gasteiger partial charge in [0.05, 0.1) is 0 Å². The van der Waals surface area contributed by atoms with Crippen LogP contribution in [0.15, 0.2) is 60.7 Å². The van der Waals surface area contributed by atoms with E-state index in [1.807, 2.05) is 55.5 Å². The Bertz CT molecular complexity index is 1140. The summed E-state index contributed by atoms with van der Waals surface area (Å²) in [5.41, 5.74) is 0.183. The highest BCUT2D eigenvalue weighted by Gasteiger charge is 2.49. The summed E-state index contributed by atoms with van der Waals surface area (Å²) >= 11 is 0. The van der Waals surface area contributed by atoms with Crippen LogP contribution in [0.1, 0.15) is 18.2 Å². The summed E-state index contributed by atoms with van der Waals surface area (Å²) in [5, 5.41) is 7.36. The molecule has 0 spiro atoms. The zero-order valence-electron chi connectivity index (χ0n) is 16.1. The second kappa shape index (κ2) is 7.01. The number of urea groups is 1. The van der Waals surface area contributed by atoms with E-state index in [1.54, 1.807) is 19.1 Å². The SMILES string of the molecule is Cc1cccc(NC(=O)CN2C(=O)N[C@@](C)(c3ccc4ccccc4c3)C2=O)n1. The van der Waals surface area contributed by atoms with E-state index in [-0.39, 0.29) is 6.54 Å². The number of nitrogens with zero attached hydrogens (tertiary/aromatic N) is 2. The molecule has 0 unspecified atom stereocenters. The minimum atomic E-state index is -1.23. The number of carbonyl (C=O) groups is 3. The normalized spacial score (nSPS) is 18.8. The van der Waals surface area contributed by atoms with Crippen molar-refractivity contribution >= 4 is 34.4 Å². The summed E-state index contributed by atoms with van der Waals surface area (Å²) in [6.07, 6.45) is 0. The molecule has 7 nitrogen and oxygen atoms in total. The van der Waals surface area contributed by atoms with Gasteiger partial charge in [-0.3, -0.25) is 14.5 Å². The lowest BCUT2D eigenvalue weighted by molar-refractivity contribution is -0.133. The monoisotopic (exact) mass is 388 g/mol. The number of fused-ring (bicyclic) bond motifs is 1. The van der Waals surface area contributed by atoms with E-state index in [9.17, 15) is 14.4 Å². The summed E-state index contributed by atoms with van der Waals surface area (Å²) in [6, 6.07) is 18.0. The lowest BCUT2D eigenvalue weighted by Gasteiger charge is -2.22. The van der Waals surface area contributed by atoms with E-state index in [1.165, 1.54) is 0 Å². The van der Waals surface area contributed by atoms with Crippen molar-refractivity contribution in [2.45, 2.75) is 19.4 Å². The van der Waals surface area contributed by atoms with Gasteiger partial charge in [0.1, 0.15) is 17.9 Å². The number of carbonyl (C=O) groups excluding carboxylic acids is 3. The standard InChI is InChI=1S/C22H20N4O3/c1-14-6-5-9-18(23-14)24-19(27)13-26-20(28)22(2,25-21(26)29)17-11-10-15-7-3-4-8-16(15)12-17/h3-12H,13H2,1-2H3,(H,25,29)(H,23,24,27)/t22-/m0/s1. The van der Waals surface area contributed by atoms with Gasteiger partial charge in [-0.15, -0.1) is 0 Å². The van der Waals surface area contributed by atoms with Crippen molar-refractivity contribution < 1.29 is 14.4 Å². The molecule has 0 bridgehead atoms. The maximum absolute atomic E-state index is 13.1. The van der Waals surface area contributed by atoms with Crippen LogP contribution in [0.25, 0.3) is 10.8 Å². The van der Waals surface area contributed by atoms with Crippen LogP contribution in [0.3, 0.4) is 0 Å². The lowest BCUT2D eigenvalue weighted by Crippen LogP contribution is -2.42. The minimum absolute atomic E-state index is 0.374. The van der Waals surface area contributed by atoms with Gasteiger partial charge in [-0.1, -0.05) is 42.5 Å². The van der Waals surface area contributed by atoms with E-state index in [2.05, 4.69) is 15.6 Å². The van der Waals surface area contributed by atoms with Crippen LogP contribution >= 0.6 is 0 Å². The number of aryl methyl sites for hydroxylation is 1. The molecular weight excluding hydrogens is 368 g/mol. The molecule has 29 heavy (non-hydrogen) atoms. The zero-order valence-corrected chi connectivity index (χ0v) is 16.1. The Kier molecular flexibility index (Phi) is 4.50. The van der Waals surface area contributed by atoms with Crippen LogP contribution in [0.5, 0.6) is 0 Å². The fourth-order valence-electron chi connectivity index (χ4n) is 3.48. The second-order valence-electron chi connectivity index (χ2n) is 7.22. The van der Waals surface area contributed by atoms with E-state index in [4.69, 9.17) is 0 Å². The molecule has 3 aromatic rings. The molecule has 4 rings (SSSR count). The highest BCUT2D eigenvalue weighted by atomic mass is 16.2. The molecule has 2 heterocycles. The van der Waals surface area contributed by atoms with Crippen molar-refractivity contribution in [1.82, 2.24) is 15.2 Å². The predicted molar refractivity (Wildman–Crippen MR) is 109 cm³/mol. The quantitative estimate of drug-likeness (QED) is 0.672. The Labute approximate surface area is 167 Å². The fourth-order valence-corrected chi connectivity index (χ4v) is 3.48. The Morgan fingerprint density at radius 3 is 2.59 bits per heavy atom. The molecule has 0 saturated carbocycles. The molecule has 146 valence electrons. The van der Waals surface area contributed by atoms with E-state index in [0.29, 0.717) is 11.4 Å². The third-order valence-corrected chi connectivity index (χ3v) is 5.06. The van der Waals surface area contributed by atoms with Crippen molar-refractivity contribution in [3.8, 4) is 0 Å². The van der Waals surface area contributed by atoms with E-state index < -0.39 is 23.4 Å². The molecule has 7 heteroatoms. The summed E-state index contributed by atoms with van der Waals surface area (Å²) in [4.78, 5) is 43.0. The highest BCUT2D eigenvalue weighted by molar-refractivity contribution is 6.10. The Morgan fingerprint density at radius 2 is 1.83 bits per heavy atom. The average Bonchev–Trinajstić information content (AvgIpc) is 2.91. The van der Waals surface area contributed by atoms with Gasteiger partial charge in [0.15, 0.2) is 0 Å². The van der Waals surface area contributed by atoms with Crippen LogP contribution < -0.4 is 10.6 Å². The van der Waals surface area contributed by atoms with Gasteiger partial charge in [-0.05, 0) is 48.4 Å². The molecule has 1 aromatic heterocycles. The van der Waals surface area contributed by atoms with Gasteiger partial charge in [0, 0.05) is 5.69 Å². The number of pyridine rings is 1. The Morgan fingerprint density at radius 1 is 1.07 bits per heavy atom. The topological polar surface area (TPSA) is 91.4 Å². The number of anilines is 1. The van der Waals surface area contributed by atoms with Gasteiger partial charge in [-0.2, -0.15) is 0 Å². The highest BCUT2D eigenvalue weighted by Crippen LogP contribution is 2.31. The molecule has 1 saturated heterocycles. The molecule has 1 fully saturated rings. The van der Waals surface area contributed by atoms with Gasteiger partial charge in [0.25, 0.3) is 5.91 Å². The molecule has 2 N–H and O–H groups in total. The van der Waals surface area contributed by atoms with Crippen molar-refractivity contribution in [2.24, 2.45) is 0 Å². The number of rotatable bonds is 4. The molecule has 1 aliphatic heterocycles. The predicted octanol–water partition coefficient (Wildman–Crippen LogP) is 2.95. The van der Waals surface area contributed by atoms with Crippen LogP contribution in [-0.2, 0) is 15.1 Å². The minimum Gasteiger partial charge on any atom is -0.319 e. The Hall–Kier alpha value is -3.74. The smallest absolute Gasteiger partial charge is 0.319 e. The number of aromatic nitrogens is 1. The average molecular weight is 388 g/mol. The maximum Gasteiger partial charge on any atom is 0.325 e. The summed E-state index contributed by atoms with van der Waals surface area (Å²) in [5.74, 6) is -0.584. The number of imide groups is 1. The number of nitrogens with one attached hydrogen (secondary N) is 2. The molecule has 0 aliphatic carbocycles. The van der Waals surface area contributed by atoms with Crippen molar-refractivity contribution in [3.05, 3.63) is 71.9 Å². The van der Waals surface area contributed by atoms with E-state index in [0.717, 1.165) is 21.4 Å². The van der Waals surface area contributed by atoms with E-state index >= 15 is 0 Å². The summed E-state index contributed by atoms with van der Waals surface area (Å²) in [6.45, 7) is 3.07. The third-order valence-electron chi connectivity index (χ3n) is 5.06. The first-order valence-corrected chi connectivity index (χ1v) is 9.24. The van der Waals surface area contributed by atoms with Crippen LogP contribution in [-0.4, -0.2) is 34.3 Å². The van der Waals surface area contributed by atoms with Gasteiger partial charge in [0.2, 0.25) is 5.91 Å². The third kappa shape index (κ3) is 3.42. The number of hydrogen-bond donors (Lipinski definition) is 2. The zero-order chi connectivity index (χ0) is 20.6. The van der Waals surface area contributed by atoms with Gasteiger partial charge < -0.3 is 10.6 Å². The first-order chi connectivity index (χ1) is 13.9. The van der Waals surface area contributed by atoms with Crippen molar-refractivity contribution in [2.75, 3.05) is 11.9 Å². The van der Waals surface area contributed by atoms with Crippen LogP contribution in [0.2, 0.25) is 0 Å². The van der Waals surface area contributed by atoms with Crippen molar-refractivity contribution in [3.63, 3.8) is 0 Å². The molecule has 1 atom stereocenters. The fraction of sp³-hybridized carbons (Fsp3) is 0.182. The first-order valence-electron chi connectivity index (χ1n) is 9.24. The van der Waals surface area contributed by atoms with Gasteiger partial charge in [-0.25, -0.2) is 9.78 Å².